The number of Topliss-reactive ketones (excluding diaryl/α,β-unsaturated/α-hetero) is 1. The van der Waals surface area contributed by atoms with Gasteiger partial charge in [0.25, 0.3) is 11.9 Å². The summed E-state index contributed by atoms with van der Waals surface area (Å²) in [6.07, 6.45) is 4.04. The van der Waals surface area contributed by atoms with Crippen molar-refractivity contribution in [3.05, 3.63) is 70.4 Å². The van der Waals surface area contributed by atoms with Crippen molar-refractivity contribution in [2.75, 3.05) is 24.5 Å². The van der Waals surface area contributed by atoms with Crippen molar-refractivity contribution in [2.24, 2.45) is 0 Å². The number of nitrogens with zero attached hydrogens (tertiary/aromatic N) is 3. The van der Waals surface area contributed by atoms with E-state index in [2.05, 4.69) is 20.6 Å². The predicted molar refractivity (Wildman–Crippen MR) is 127 cm³/mol. The van der Waals surface area contributed by atoms with Gasteiger partial charge in [0.1, 0.15) is 10.8 Å². The number of nitrogens with one attached hydrogen (secondary N) is 2. The summed E-state index contributed by atoms with van der Waals surface area (Å²) in [6, 6.07) is 13.0. The van der Waals surface area contributed by atoms with E-state index in [0.717, 1.165) is 17.7 Å². The molecule has 0 fully saturated rings. The maximum Gasteiger partial charge on any atom is 0.256 e. The second kappa shape index (κ2) is 9.97. The molecule has 1 aliphatic rings. The van der Waals surface area contributed by atoms with Gasteiger partial charge < -0.3 is 10.6 Å². The molecule has 33 heavy (non-hydrogen) atoms. The summed E-state index contributed by atoms with van der Waals surface area (Å²) in [4.78, 5) is 38.5. The average Bonchev–Trinajstić information content (AvgIpc) is 3.02. The zero-order valence-corrected chi connectivity index (χ0v) is 19.1. The van der Waals surface area contributed by atoms with Crippen LogP contribution < -0.4 is 15.7 Å². The molecule has 0 saturated carbocycles. The Bertz CT molecular complexity index is 1200. The van der Waals surface area contributed by atoms with Crippen molar-refractivity contribution < 1.29 is 14.4 Å². The van der Waals surface area contributed by atoms with E-state index in [9.17, 15) is 9.59 Å². The van der Waals surface area contributed by atoms with E-state index in [1.807, 2.05) is 24.3 Å². The highest BCUT2D eigenvalue weighted by molar-refractivity contribution is 6.33. The van der Waals surface area contributed by atoms with Gasteiger partial charge in [-0.05, 0) is 48.2 Å². The maximum atomic E-state index is 12.2. The fourth-order valence-corrected chi connectivity index (χ4v) is 3.92. The van der Waals surface area contributed by atoms with Crippen LogP contribution in [0.1, 0.15) is 34.3 Å². The third-order valence-corrected chi connectivity index (χ3v) is 5.79. The molecule has 0 bridgehead atoms. The minimum absolute atomic E-state index is 0.231. The fraction of sp³-hybridized carbons (Fsp3) is 0.250. The van der Waals surface area contributed by atoms with Gasteiger partial charge in [0.2, 0.25) is 0 Å². The minimum atomic E-state index is -0.231. The fourth-order valence-electron chi connectivity index (χ4n) is 3.79. The van der Waals surface area contributed by atoms with Crippen molar-refractivity contribution >= 4 is 46.4 Å². The minimum Gasteiger partial charge on any atom is -0.355 e. The maximum absolute atomic E-state index is 12.2. The number of carbonyl (C=O) groups excluding carboxylic acids is 2. The number of anilines is 4. The Kier molecular flexibility index (Phi) is 6.86. The molecular formula is C24H24ClN5O3. The lowest BCUT2D eigenvalue weighted by Gasteiger charge is -2.22. The van der Waals surface area contributed by atoms with Crippen LogP contribution in [-0.4, -0.2) is 35.8 Å². The van der Waals surface area contributed by atoms with Gasteiger partial charge in [0.15, 0.2) is 5.82 Å². The van der Waals surface area contributed by atoms with Crippen LogP contribution in [-0.2, 0) is 22.5 Å². The first kappa shape index (κ1) is 22.7. The number of amides is 1. The molecule has 1 aliphatic carbocycles. The van der Waals surface area contributed by atoms with Crippen LogP contribution in [0.3, 0.4) is 0 Å². The summed E-state index contributed by atoms with van der Waals surface area (Å²) in [5, 5.41) is 7.54. The molecule has 8 nitrogen and oxygen atoms in total. The topological polar surface area (TPSA) is 96.5 Å². The quantitative estimate of drug-likeness (QED) is 0.412. The van der Waals surface area contributed by atoms with Gasteiger partial charge in [0.05, 0.1) is 30.2 Å². The Hall–Kier alpha value is -3.49. The van der Waals surface area contributed by atoms with Crippen LogP contribution in [0.4, 0.5) is 23.1 Å². The van der Waals surface area contributed by atoms with Gasteiger partial charge >= 0.3 is 0 Å². The van der Waals surface area contributed by atoms with Crippen molar-refractivity contribution in [3.63, 3.8) is 0 Å². The highest BCUT2D eigenvalue weighted by atomic mass is 35.5. The molecule has 1 amide bonds. The number of carbonyl (C=O) groups is 2. The van der Waals surface area contributed by atoms with Crippen LogP contribution in [0.5, 0.6) is 0 Å². The van der Waals surface area contributed by atoms with E-state index in [1.165, 1.54) is 23.9 Å². The third-order valence-electron chi connectivity index (χ3n) is 5.52. The third kappa shape index (κ3) is 4.97. The van der Waals surface area contributed by atoms with Crippen molar-refractivity contribution in [3.8, 4) is 0 Å². The van der Waals surface area contributed by atoms with Gasteiger partial charge in [-0.25, -0.2) is 4.98 Å². The molecule has 0 saturated heterocycles. The Morgan fingerprint density at radius 3 is 2.61 bits per heavy atom. The predicted octanol–water partition coefficient (Wildman–Crippen LogP) is 4.38. The molecule has 0 atom stereocenters. The number of rotatable bonds is 6. The summed E-state index contributed by atoms with van der Waals surface area (Å²) in [5.74, 6) is 0.655. The van der Waals surface area contributed by atoms with Crippen LogP contribution >= 0.6 is 11.6 Å². The van der Waals surface area contributed by atoms with Crippen molar-refractivity contribution in [2.45, 2.75) is 25.7 Å². The van der Waals surface area contributed by atoms with Crippen LogP contribution in [0.2, 0.25) is 5.02 Å². The molecule has 1 aromatic heterocycles. The summed E-state index contributed by atoms with van der Waals surface area (Å²) < 4.78 is 0. The number of hydrogen-bond donors (Lipinski definition) is 2. The highest BCUT2D eigenvalue weighted by Crippen LogP contribution is 2.31. The SMILES string of the molecule is CNC(=O)c1ccccc1Nc1nc(N(OC)c2ccc3c(c2)CCC(=O)CC3)ncc1Cl. The van der Waals surface area contributed by atoms with Crippen molar-refractivity contribution in [1.82, 2.24) is 15.3 Å². The van der Waals surface area contributed by atoms with Gasteiger partial charge in [-0.15, -0.1) is 0 Å². The van der Waals surface area contributed by atoms with Gasteiger partial charge in [-0.1, -0.05) is 29.8 Å². The summed E-state index contributed by atoms with van der Waals surface area (Å²) in [6.45, 7) is 0. The summed E-state index contributed by atoms with van der Waals surface area (Å²) >= 11 is 6.35. The van der Waals surface area contributed by atoms with E-state index >= 15 is 0 Å². The lowest BCUT2D eigenvalue weighted by Crippen LogP contribution is -2.20. The zero-order valence-electron chi connectivity index (χ0n) is 18.4. The molecule has 0 unspecified atom stereocenters. The lowest BCUT2D eigenvalue weighted by molar-refractivity contribution is -0.118. The lowest BCUT2D eigenvalue weighted by atomic mass is 10.0. The normalized spacial score (nSPS) is 13.1. The van der Waals surface area contributed by atoms with E-state index < -0.39 is 0 Å². The first-order valence-corrected chi connectivity index (χ1v) is 11.0. The summed E-state index contributed by atoms with van der Waals surface area (Å²) in [7, 11) is 3.10. The number of fused-ring (bicyclic) bond motifs is 1. The monoisotopic (exact) mass is 465 g/mol. The average molecular weight is 466 g/mol. The second-order valence-electron chi connectivity index (χ2n) is 7.58. The number of ketones is 1. The molecule has 0 aliphatic heterocycles. The summed E-state index contributed by atoms with van der Waals surface area (Å²) in [5.41, 5.74) is 4.05. The van der Waals surface area contributed by atoms with Gasteiger partial charge in [0, 0.05) is 19.9 Å². The van der Waals surface area contributed by atoms with Gasteiger partial charge in [-0.3, -0.25) is 14.4 Å². The standard InChI is InChI=1S/C24H24ClN5O3/c1-26-23(32)19-5-3-4-6-21(19)28-22-20(25)14-27-24(29-22)30(33-2)17-10-7-15-8-11-18(31)12-9-16(15)13-17/h3-7,10,13-14H,8-9,11-12H2,1-2H3,(H,26,32)(H,27,28,29). The highest BCUT2D eigenvalue weighted by Gasteiger charge is 2.19. The molecule has 0 radical (unpaired) electrons. The molecule has 2 N–H and O–H groups in total. The largest absolute Gasteiger partial charge is 0.355 e. The van der Waals surface area contributed by atoms with E-state index in [4.69, 9.17) is 16.4 Å². The molecule has 4 rings (SSSR count). The Morgan fingerprint density at radius 2 is 1.85 bits per heavy atom. The Balaban J connectivity index is 1.66. The van der Waals surface area contributed by atoms with Gasteiger partial charge in [-0.2, -0.15) is 10.0 Å². The van der Waals surface area contributed by atoms with Crippen LogP contribution in [0.25, 0.3) is 0 Å². The van der Waals surface area contributed by atoms with E-state index in [-0.39, 0.29) is 17.6 Å². The smallest absolute Gasteiger partial charge is 0.256 e. The first-order valence-electron chi connectivity index (χ1n) is 10.6. The number of hydrogen-bond acceptors (Lipinski definition) is 7. The van der Waals surface area contributed by atoms with Crippen LogP contribution in [0, 0.1) is 0 Å². The number of para-hydroxylation sites is 1. The Morgan fingerprint density at radius 1 is 1.09 bits per heavy atom. The Labute approximate surface area is 196 Å². The number of halogens is 1. The molecule has 3 aromatic rings. The molecular weight excluding hydrogens is 442 g/mol. The molecule has 170 valence electrons. The second-order valence-corrected chi connectivity index (χ2v) is 7.99. The number of aromatic nitrogens is 2. The first-order chi connectivity index (χ1) is 16.0. The van der Waals surface area contributed by atoms with E-state index in [1.54, 1.807) is 25.2 Å². The van der Waals surface area contributed by atoms with E-state index in [0.29, 0.717) is 41.4 Å². The number of aryl methyl sites for hydroxylation is 2. The number of benzene rings is 2. The molecule has 9 heteroatoms. The molecule has 1 heterocycles. The zero-order chi connectivity index (χ0) is 23.4. The molecule has 2 aromatic carbocycles. The van der Waals surface area contributed by atoms with Crippen molar-refractivity contribution in [1.29, 1.82) is 0 Å². The van der Waals surface area contributed by atoms with Crippen LogP contribution in [0.15, 0.2) is 48.7 Å². The molecule has 0 spiro atoms.